The van der Waals surface area contributed by atoms with Crippen molar-refractivity contribution < 1.29 is 29.2 Å². The zero-order valence-corrected chi connectivity index (χ0v) is 10.6. The molecule has 0 fully saturated rings. The number of carbonyl (C=O) groups excluding carboxylic acids is 2. The van der Waals surface area contributed by atoms with Crippen molar-refractivity contribution in [2.45, 2.75) is 0 Å². The van der Waals surface area contributed by atoms with Gasteiger partial charge in [0, 0.05) is 12.1 Å². The number of hydrogen-bond donors (Lipinski definition) is 1. The van der Waals surface area contributed by atoms with Gasteiger partial charge in [0.05, 0.1) is 28.6 Å². The highest BCUT2D eigenvalue weighted by Gasteiger charge is 2.20. The number of rotatable bonds is 6. The molecule has 0 aliphatic carbocycles. The second-order valence-electron chi connectivity index (χ2n) is 3.56. The lowest BCUT2D eigenvalue weighted by atomic mass is 10.1. The van der Waals surface area contributed by atoms with Crippen molar-refractivity contribution in [2.75, 3.05) is 13.7 Å². The van der Waals surface area contributed by atoms with Crippen molar-refractivity contribution in [3.05, 3.63) is 44.0 Å². The van der Waals surface area contributed by atoms with Crippen LogP contribution in [0.3, 0.4) is 0 Å². The lowest BCUT2D eigenvalue weighted by Gasteiger charge is -2.04. The summed E-state index contributed by atoms with van der Waals surface area (Å²) >= 11 is 0. The van der Waals surface area contributed by atoms with Gasteiger partial charge in [-0.25, -0.2) is 4.79 Å². The molecule has 0 saturated heterocycles. The van der Waals surface area contributed by atoms with Gasteiger partial charge in [0.25, 0.3) is 17.3 Å². The van der Waals surface area contributed by atoms with Crippen LogP contribution in [0.15, 0.2) is 18.2 Å². The van der Waals surface area contributed by atoms with Gasteiger partial charge in [0.1, 0.15) is 6.54 Å². The Labute approximate surface area is 116 Å². The van der Waals surface area contributed by atoms with Gasteiger partial charge in [-0.05, 0) is 0 Å². The monoisotopic (exact) mass is 299 g/mol. The van der Waals surface area contributed by atoms with Crippen LogP contribution in [0.5, 0.6) is 0 Å². The number of nitrogens with zero attached hydrogens (tertiary/aromatic N) is 2. The van der Waals surface area contributed by atoms with Gasteiger partial charge in [0.2, 0.25) is 0 Å². The molecule has 11 heteroatoms. The van der Waals surface area contributed by atoms with Crippen LogP contribution in [0.2, 0.25) is 0 Å². The van der Waals surface area contributed by atoms with Crippen LogP contribution in [0.25, 0.3) is 0 Å². The molecule has 1 aromatic carbocycles. The number of non-ortho nitro benzene ring substituents is 2. The smallest absolute Gasteiger partial charge is 0.341 e. The molecule has 0 heterocycles. The van der Waals surface area contributed by atoms with Crippen LogP contribution in [0, 0.1) is 20.2 Å². The number of nitro groups is 2. The molecular weight excluding hydrogens is 290 g/mol. The van der Waals surface area contributed by atoms with Crippen molar-refractivity contribution in [3.63, 3.8) is 0 Å². The van der Waals surface area contributed by atoms with Gasteiger partial charge in [-0.2, -0.15) is 4.89 Å². The summed E-state index contributed by atoms with van der Waals surface area (Å²) in [5.41, 5.74) is -1.57. The van der Waals surface area contributed by atoms with E-state index in [9.17, 15) is 29.8 Å². The summed E-state index contributed by atoms with van der Waals surface area (Å²) in [7, 11) is 1.09. The first-order chi connectivity index (χ1) is 9.85. The van der Waals surface area contributed by atoms with Crippen molar-refractivity contribution in [3.8, 4) is 0 Å². The molecule has 0 saturated carbocycles. The molecule has 0 unspecified atom stereocenters. The SMILES string of the molecule is COOC(=O)CNC(=O)c1cc([N+](=O)[O-])cc([N+](=O)[O-])c1. The largest absolute Gasteiger partial charge is 0.361 e. The Bertz CT molecular complexity index is 568. The fourth-order valence-electron chi connectivity index (χ4n) is 1.31. The predicted molar refractivity (Wildman–Crippen MR) is 65.2 cm³/mol. The van der Waals surface area contributed by atoms with Crippen molar-refractivity contribution in [1.29, 1.82) is 0 Å². The Morgan fingerprint density at radius 2 is 1.67 bits per heavy atom. The average molecular weight is 299 g/mol. The zero-order chi connectivity index (χ0) is 16.0. The van der Waals surface area contributed by atoms with Gasteiger partial charge < -0.3 is 5.32 Å². The molecule has 112 valence electrons. The molecule has 21 heavy (non-hydrogen) atoms. The number of carbonyl (C=O) groups is 2. The van der Waals surface area contributed by atoms with Crippen LogP contribution in [-0.2, 0) is 14.6 Å². The zero-order valence-electron chi connectivity index (χ0n) is 10.6. The fraction of sp³-hybridized carbons (Fsp3) is 0.200. The van der Waals surface area contributed by atoms with E-state index in [0.717, 1.165) is 25.3 Å². The Morgan fingerprint density at radius 3 is 2.10 bits per heavy atom. The van der Waals surface area contributed by atoms with E-state index in [1.54, 1.807) is 0 Å². The fourth-order valence-corrected chi connectivity index (χ4v) is 1.31. The predicted octanol–water partition coefficient (Wildman–Crippen LogP) is 0.337. The number of nitrogens with one attached hydrogen (secondary N) is 1. The molecule has 1 N–H and O–H groups in total. The van der Waals surface area contributed by atoms with E-state index in [4.69, 9.17) is 0 Å². The number of benzene rings is 1. The van der Waals surface area contributed by atoms with Crippen molar-refractivity contribution in [1.82, 2.24) is 5.32 Å². The minimum Gasteiger partial charge on any atom is -0.341 e. The molecule has 0 aliphatic rings. The first-order valence-electron chi connectivity index (χ1n) is 5.30. The van der Waals surface area contributed by atoms with E-state index in [-0.39, 0.29) is 5.56 Å². The molecular formula is C10H9N3O8. The van der Waals surface area contributed by atoms with Gasteiger partial charge in [-0.3, -0.25) is 29.9 Å². The highest BCUT2D eigenvalue weighted by atomic mass is 17.2. The standard InChI is InChI=1S/C10H9N3O8/c1-20-21-9(14)5-11-10(15)6-2-7(12(16)17)4-8(3-6)13(18)19/h2-4H,5H2,1H3,(H,11,15). The third kappa shape index (κ3) is 4.50. The molecule has 0 aromatic heterocycles. The summed E-state index contributed by atoms with van der Waals surface area (Å²) in [4.78, 5) is 50.4. The molecule has 0 bridgehead atoms. The van der Waals surface area contributed by atoms with Crippen LogP contribution in [0.1, 0.15) is 10.4 Å². The average Bonchev–Trinajstić information content (AvgIpc) is 2.44. The molecule has 0 aliphatic heterocycles. The second kappa shape index (κ2) is 6.91. The quantitative estimate of drug-likeness (QED) is 0.448. The minimum absolute atomic E-state index is 0.332. The van der Waals surface area contributed by atoms with Crippen LogP contribution < -0.4 is 5.32 Å². The molecule has 0 atom stereocenters. The Kier molecular flexibility index (Phi) is 5.25. The van der Waals surface area contributed by atoms with Gasteiger partial charge in [0.15, 0.2) is 0 Å². The summed E-state index contributed by atoms with van der Waals surface area (Å²) in [5.74, 6) is -1.82. The van der Waals surface area contributed by atoms with Crippen molar-refractivity contribution >= 4 is 23.3 Å². The van der Waals surface area contributed by atoms with Crippen LogP contribution in [0.4, 0.5) is 11.4 Å². The maximum Gasteiger partial charge on any atom is 0.361 e. The first kappa shape index (κ1) is 16.0. The molecule has 0 radical (unpaired) electrons. The number of hydrogen-bond acceptors (Lipinski definition) is 8. The van der Waals surface area contributed by atoms with Crippen LogP contribution >= 0.6 is 0 Å². The maximum atomic E-state index is 11.7. The second-order valence-corrected chi connectivity index (χ2v) is 3.56. The lowest BCUT2D eigenvalue weighted by molar-refractivity contribution is -0.394. The van der Waals surface area contributed by atoms with Gasteiger partial charge in [-0.15, -0.1) is 0 Å². The van der Waals surface area contributed by atoms with Gasteiger partial charge in [-0.1, -0.05) is 0 Å². The van der Waals surface area contributed by atoms with E-state index in [1.165, 1.54) is 0 Å². The van der Waals surface area contributed by atoms with E-state index in [2.05, 4.69) is 15.1 Å². The molecule has 0 spiro atoms. The Hall–Kier alpha value is -3.08. The first-order valence-corrected chi connectivity index (χ1v) is 5.30. The van der Waals surface area contributed by atoms with E-state index in [1.807, 2.05) is 0 Å². The molecule has 1 amide bonds. The lowest BCUT2D eigenvalue weighted by Crippen LogP contribution is -2.30. The highest BCUT2D eigenvalue weighted by molar-refractivity contribution is 5.97. The summed E-state index contributed by atoms with van der Waals surface area (Å²) in [6, 6.07) is 2.42. The van der Waals surface area contributed by atoms with Crippen molar-refractivity contribution in [2.24, 2.45) is 0 Å². The number of nitro benzene ring substituents is 2. The Morgan fingerprint density at radius 1 is 1.14 bits per heavy atom. The summed E-state index contributed by atoms with van der Waals surface area (Å²) < 4.78 is 0. The van der Waals surface area contributed by atoms with E-state index < -0.39 is 39.6 Å². The van der Waals surface area contributed by atoms with Crippen LogP contribution in [-0.4, -0.2) is 35.4 Å². The summed E-state index contributed by atoms with van der Waals surface area (Å²) in [5, 5.41) is 23.4. The van der Waals surface area contributed by atoms with E-state index >= 15 is 0 Å². The third-order valence-electron chi connectivity index (χ3n) is 2.16. The molecule has 1 aromatic rings. The topological polar surface area (TPSA) is 151 Å². The maximum absolute atomic E-state index is 11.7. The third-order valence-corrected chi connectivity index (χ3v) is 2.16. The summed E-state index contributed by atoms with van der Waals surface area (Å²) in [6.45, 7) is -0.566. The summed E-state index contributed by atoms with van der Waals surface area (Å²) in [6.07, 6.45) is 0. The number of amides is 1. The Balaban J connectivity index is 2.95. The van der Waals surface area contributed by atoms with E-state index in [0.29, 0.717) is 0 Å². The molecule has 1 rings (SSSR count). The highest BCUT2D eigenvalue weighted by Crippen LogP contribution is 2.22. The van der Waals surface area contributed by atoms with Gasteiger partial charge >= 0.3 is 5.97 Å². The normalized spacial score (nSPS) is 9.76. The molecule has 11 nitrogen and oxygen atoms in total. The minimum atomic E-state index is -0.911.